The first kappa shape index (κ1) is 18.8. The minimum atomic E-state index is -3.84. The largest absolute Gasteiger partial charge is 0.268 e. The predicted octanol–water partition coefficient (Wildman–Crippen LogP) is 2.85. The van der Waals surface area contributed by atoms with Crippen LogP contribution in [-0.2, 0) is 10.0 Å². The number of hydrogen-bond donors (Lipinski definition) is 0. The van der Waals surface area contributed by atoms with E-state index in [1.54, 1.807) is 24.3 Å². The average molecular weight is 382 g/mol. The zero-order valence-electron chi connectivity index (χ0n) is 14.5. The zero-order valence-corrected chi connectivity index (χ0v) is 15.4. The standard InChI is InChI=1S/C20H18N2O4S/c1-3-12-21(13-4-2)27(25,26)16-9-7-8-15(14-16)22-19(23)17-10-5-6-11-18(17)20(22)24/h3-11,14H,1-2,12-13H2. The molecule has 6 nitrogen and oxygen atoms in total. The molecule has 138 valence electrons. The molecule has 27 heavy (non-hydrogen) atoms. The summed E-state index contributed by atoms with van der Waals surface area (Å²) in [5.41, 5.74) is 0.811. The van der Waals surface area contributed by atoms with Crippen LogP contribution >= 0.6 is 0 Å². The number of amides is 2. The molecule has 0 saturated heterocycles. The van der Waals surface area contributed by atoms with Crippen molar-refractivity contribution in [3.8, 4) is 0 Å². The molecular weight excluding hydrogens is 364 g/mol. The van der Waals surface area contributed by atoms with Crippen molar-refractivity contribution in [2.45, 2.75) is 4.90 Å². The Morgan fingerprint density at radius 3 is 1.96 bits per heavy atom. The van der Waals surface area contributed by atoms with E-state index in [0.29, 0.717) is 11.1 Å². The normalized spacial score (nSPS) is 13.7. The minimum Gasteiger partial charge on any atom is -0.268 e. The fraction of sp³-hybridized carbons (Fsp3) is 0.100. The second kappa shape index (κ2) is 7.30. The Hall–Kier alpha value is -3.03. The number of sulfonamides is 1. The maximum atomic E-state index is 12.9. The topological polar surface area (TPSA) is 74.8 Å². The molecule has 0 atom stereocenters. The molecule has 3 rings (SSSR count). The zero-order chi connectivity index (χ0) is 19.6. The van der Waals surface area contributed by atoms with Crippen LogP contribution in [0.25, 0.3) is 0 Å². The second-order valence-corrected chi connectivity index (χ2v) is 7.83. The Balaban J connectivity index is 2.02. The van der Waals surface area contributed by atoms with Gasteiger partial charge in [0.05, 0.1) is 21.7 Å². The SMILES string of the molecule is C=CCN(CC=C)S(=O)(=O)c1cccc(N2C(=O)c3ccccc3C2=O)c1. The van der Waals surface area contributed by atoms with E-state index in [1.807, 2.05) is 0 Å². The first-order valence-electron chi connectivity index (χ1n) is 8.21. The first-order valence-corrected chi connectivity index (χ1v) is 9.65. The van der Waals surface area contributed by atoms with E-state index < -0.39 is 21.8 Å². The minimum absolute atomic E-state index is 0.0137. The number of imide groups is 1. The number of benzene rings is 2. The molecule has 0 unspecified atom stereocenters. The Morgan fingerprint density at radius 1 is 0.889 bits per heavy atom. The van der Waals surface area contributed by atoms with Gasteiger partial charge in [-0.1, -0.05) is 30.4 Å². The molecular formula is C20H18N2O4S. The maximum Gasteiger partial charge on any atom is 0.266 e. The summed E-state index contributed by atoms with van der Waals surface area (Å²) in [4.78, 5) is 26.2. The number of hydrogen-bond acceptors (Lipinski definition) is 4. The van der Waals surface area contributed by atoms with Gasteiger partial charge in [-0.05, 0) is 30.3 Å². The first-order chi connectivity index (χ1) is 12.9. The highest BCUT2D eigenvalue weighted by Crippen LogP contribution is 2.30. The predicted molar refractivity (Wildman–Crippen MR) is 103 cm³/mol. The van der Waals surface area contributed by atoms with Crippen LogP contribution in [0.1, 0.15) is 20.7 Å². The summed E-state index contributed by atoms with van der Waals surface area (Å²) in [6.07, 6.45) is 2.96. The van der Waals surface area contributed by atoms with Gasteiger partial charge in [-0.25, -0.2) is 13.3 Å². The van der Waals surface area contributed by atoms with E-state index in [0.717, 1.165) is 4.90 Å². The molecule has 1 aliphatic heterocycles. The number of nitrogens with zero attached hydrogens (tertiary/aromatic N) is 2. The molecule has 2 aromatic rings. The van der Waals surface area contributed by atoms with Crippen molar-refractivity contribution < 1.29 is 18.0 Å². The van der Waals surface area contributed by atoms with E-state index in [2.05, 4.69) is 13.2 Å². The molecule has 0 N–H and O–H groups in total. The smallest absolute Gasteiger partial charge is 0.266 e. The number of anilines is 1. The molecule has 7 heteroatoms. The van der Waals surface area contributed by atoms with Crippen molar-refractivity contribution in [2.75, 3.05) is 18.0 Å². The molecule has 0 bridgehead atoms. The van der Waals surface area contributed by atoms with Crippen molar-refractivity contribution in [2.24, 2.45) is 0 Å². The molecule has 0 fully saturated rings. The summed E-state index contributed by atoms with van der Waals surface area (Å²) in [5.74, 6) is -0.946. The lowest BCUT2D eigenvalue weighted by molar-refractivity contribution is 0.0926. The van der Waals surface area contributed by atoms with Crippen molar-refractivity contribution in [3.63, 3.8) is 0 Å². The summed E-state index contributed by atoms with van der Waals surface area (Å²) >= 11 is 0. The van der Waals surface area contributed by atoms with E-state index in [1.165, 1.54) is 40.7 Å². The van der Waals surface area contributed by atoms with Crippen LogP contribution in [0.5, 0.6) is 0 Å². The van der Waals surface area contributed by atoms with Gasteiger partial charge in [0.1, 0.15) is 0 Å². The summed E-state index contributed by atoms with van der Waals surface area (Å²) in [6, 6.07) is 12.3. The van der Waals surface area contributed by atoms with Crippen LogP contribution in [0.4, 0.5) is 5.69 Å². The Morgan fingerprint density at radius 2 is 1.44 bits per heavy atom. The van der Waals surface area contributed by atoms with Gasteiger partial charge in [0, 0.05) is 13.1 Å². The molecule has 2 amide bonds. The highest BCUT2D eigenvalue weighted by molar-refractivity contribution is 7.89. The van der Waals surface area contributed by atoms with Gasteiger partial charge in [0.25, 0.3) is 11.8 Å². The third-order valence-corrected chi connectivity index (χ3v) is 6.00. The summed E-state index contributed by atoms with van der Waals surface area (Å²) in [7, 11) is -3.84. The van der Waals surface area contributed by atoms with Gasteiger partial charge in [0.2, 0.25) is 10.0 Å². The number of fused-ring (bicyclic) bond motifs is 1. The van der Waals surface area contributed by atoms with Crippen molar-refractivity contribution in [3.05, 3.63) is 85.0 Å². The molecule has 1 heterocycles. The lowest BCUT2D eigenvalue weighted by Gasteiger charge is -2.20. The molecule has 0 radical (unpaired) electrons. The lowest BCUT2D eigenvalue weighted by atomic mass is 10.1. The molecule has 0 aliphatic carbocycles. The van der Waals surface area contributed by atoms with Crippen LogP contribution < -0.4 is 4.90 Å². The highest BCUT2D eigenvalue weighted by atomic mass is 32.2. The van der Waals surface area contributed by atoms with E-state index >= 15 is 0 Å². The second-order valence-electron chi connectivity index (χ2n) is 5.89. The molecule has 0 spiro atoms. The van der Waals surface area contributed by atoms with Gasteiger partial charge in [0.15, 0.2) is 0 Å². The summed E-state index contributed by atoms with van der Waals surface area (Å²) in [6.45, 7) is 7.38. The number of carbonyl (C=O) groups is 2. The summed E-state index contributed by atoms with van der Waals surface area (Å²) < 4.78 is 27.0. The van der Waals surface area contributed by atoms with Gasteiger partial charge in [-0.3, -0.25) is 9.59 Å². The maximum absolute atomic E-state index is 12.9. The number of rotatable bonds is 7. The summed E-state index contributed by atoms with van der Waals surface area (Å²) in [5, 5.41) is 0. The average Bonchev–Trinajstić information content (AvgIpc) is 2.93. The molecule has 0 aromatic heterocycles. The number of carbonyl (C=O) groups excluding carboxylic acids is 2. The van der Waals surface area contributed by atoms with Gasteiger partial charge >= 0.3 is 0 Å². The monoisotopic (exact) mass is 382 g/mol. The van der Waals surface area contributed by atoms with Gasteiger partial charge < -0.3 is 0 Å². The van der Waals surface area contributed by atoms with Crippen molar-refractivity contribution in [1.29, 1.82) is 0 Å². The third-order valence-electron chi connectivity index (χ3n) is 4.17. The van der Waals surface area contributed by atoms with E-state index in [-0.39, 0.29) is 23.7 Å². The lowest BCUT2D eigenvalue weighted by Crippen LogP contribution is -2.32. The fourth-order valence-electron chi connectivity index (χ4n) is 2.91. The van der Waals surface area contributed by atoms with Crippen molar-refractivity contribution in [1.82, 2.24) is 4.31 Å². The van der Waals surface area contributed by atoms with Gasteiger partial charge in [-0.2, -0.15) is 4.31 Å². The van der Waals surface area contributed by atoms with Crippen LogP contribution in [0.3, 0.4) is 0 Å². The Kier molecular flexibility index (Phi) is 5.07. The van der Waals surface area contributed by atoms with E-state index in [4.69, 9.17) is 0 Å². The van der Waals surface area contributed by atoms with Gasteiger partial charge in [-0.15, -0.1) is 13.2 Å². The molecule has 1 aliphatic rings. The van der Waals surface area contributed by atoms with Crippen LogP contribution in [0.2, 0.25) is 0 Å². The Labute approximate surface area is 158 Å². The molecule has 2 aromatic carbocycles. The quantitative estimate of drug-likeness (QED) is 0.545. The van der Waals surface area contributed by atoms with Crippen LogP contribution in [0, 0.1) is 0 Å². The Bertz CT molecular complexity index is 998. The van der Waals surface area contributed by atoms with Crippen LogP contribution in [0.15, 0.2) is 78.7 Å². The van der Waals surface area contributed by atoms with E-state index in [9.17, 15) is 18.0 Å². The third kappa shape index (κ3) is 3.22. The van der Waals surface area contributed by atoms with Crippen molar-refractivity contribution >= 4 is 27.5 Å². The molecule has 0 saturated carbocycles. The fourth-order valence-corrected chi connectivity index (χ4v) is 4.34. The highest BCUT2D eigenvalue weighted by Gasteiger charge is 2.36. The van der Waals surface area contributed by atoms with Crippen LogP contribution in [-0.4, -0.2) is 37.6 Å².